The smallest absolute Gasteiger partial charge is 0.416 e. The number of thioether (sulfide) groups is 1. The molecule has 1 atom stereocenters. The van der Waals surface area contributed by atoms with Gasteiger partial charge in [0.25, 0.3) is 11.1 Å². The first-order chi connectivity index (χ1) is 14.2. The van der Waals surface area contributed by atoms with Crippen molar-refractivity contribution in [1.29, 1.82) is 0 Å². The van der Waals surface area contributed by atoms with Crippen LogP contribution in [0.25, 0.3) is 0 Å². The van der Waals surface area contributed by atoms with Crippen LogP contribution in [0.15, 0.2) is 42.5 Å². The van der Waals surface area contributed by atoms with E-state index in [2.05, 4.69) is 5.32 Å². The average molecular weight is 436 g/mol. The lowest BCUT2D eigenvalue weighted by Gasteiger charge is -2.29. The zero-order valence-corrected chi connectivity index (χ0v) is 16.2. The number of alkyl halides is 3. The van der Waals surface area contributed by atoms with Gasteiger partial charge >= 0.3 is 6.18 Å². The van der Waals surface area contributed by atoms with Gasteiger partial charge in [0, 0.05) is 6.54 Å². The molecule has 0 spiro atoms. The third-order valence-corrected chi connectivity index (χ3v) is 5.76. The molecule has 4 rings (SSSR count). The number of rotatable bonds is 4. The van der Waals surface area contributed by atoms with Gasteiger partial charge in [-0.1, -0.05) is 30.0 Å². The molecular weight excluding hydrogens is 421 g/mol. The van der Waals surface area contributed by atoms with E-state index in [1.165, 1.54) is 17.0 Å². The molecule has 30 heavy (non-hydrogen) atoms. The Morgan fingerprint density at radius 1 is 1.07 bits per heavy atom. The van der Waals surface area contributed by atoms with E-state index in [0.29, 0.717) is 22.4 Å². The van der Waals surface area contributed by atoms with E-state index in [4.69, 9.17) is 4.74 Å². The number of amides is 3. The molecule has 2 aliphatic rings. The molecule has 0 aromatic heterocycles. The van der Waals surface area contributed by atoms with Crippen LogP contribution in [0, 0.1) is 0 Å². The molecule has 0 saturated carbocycles. The number of nitrogens with one attached hydrogen (secondary N) is 1. The Labute approximate surface area is 173 Å². The molecule has 1 saturated heterocycles. The topological polar surface area (TPSA) is 75.7 Å². The highest BCUT2D eigenvalue weighted by atomic mass is 32.2. The van der Waals surface area contributed by atoms with E-state index < -0.39 is 22.2 Å². The number of ether oxygens (including phenoxy) is 1. The number of carbonyl (C=O) groups excluding carboxylic acids is 3. The van der Waals surface area contributed by atoms with Crippen molar-refractivity contribution in [2.75, 3.05) is 6.73 Å². The van der Waals surface area contributed by atoms with Gasteiger partial charge in [-0.2, -0.15) is 13.2 Å². The SMILES string of the molecule is O=C1NC(=O)C(Cc2ccc3c(c2)C(=O)N(Cc2ccc(C(F)(F)F)cc2)CO3)S1. The summed E-state index contributed by atoms with van der Waals surface area (Å²) in [5, 5.41) is 1.27. The van der Waals surface area contributed by atoms with Crippen molar-refractivity contribution < 1.29 is 32.3 Å². The molecule has 156 valence electrons. The minimum atomic E-state index is -4.42. The molecule has 6 nitrogen and oxygen atoms in total. The number of benzene rings is 2. The van der Waals surface area contributed by atoms with Crippen molar-refractivity contribution in [1.82, 2.24) is 10.2 Å². The number of halogens is 3. The first-order valence-corrected chi connectivity index (χ1v) is 9.81. The number of carbonyl (C=O) groups is 3. The molecule has 2 aromatic rings. The molecule has 0 bridgehead atoms. The predicted octanol–water partition coefficient (Wildman–Crippen LogP) is 3.59. The molecule has 0 aliphatic carbocycles. The highest BCUT2D eigenvalue weighted by Gasteiger charge is 2.33. The molecule has 2 heterocycles. The number of imide groups is 1. The van der Waals surface area contributed by atoms with Crippen LogP contribution in [-0.2, 0) is 23.9 Å². The van der Waals surface area contributed by atoms with E-state index in [1.807, 2.05) is 0 Å². The summed E-state index contributed by atoms with van der Waals surface area (Å²) in [6.07, 6.45) is -4.14. The lowest BCUT2D eigenvalue weighted by Crippen LogP contribution is -2.38. The monoisotopic (exact) mass is 436 g/mol. The van der Waals surface area contributed by atoms with Crippen LogP contribution in [0.4, 0.5) is 18.0 Å². The van der Waals surface area contributed by atoms with Crippen LogP contribution in [0.5, 0.6) is 5.75 Å². The fourth-order valence-corrected chi connectivity index (χ4v) is 4.11. The summed E-state index contributed by atoms with van der Waals surface area (Å²) in [4.78, 5) is 37.3. The van der Waals surface area contributed by atoms with Crippen molar-refractivity contribution in [3.8, 4) is 5.75 Å². The van der Waals surface area contributed by atoms with E-state index >= 15 is 0 Å². The van der Waals surface area contributed by atoms with E-state index in [9.17, 15) is 27.6 Å². The number of hydrogen-bond acceptors (Lipinski definition) is 5. The molecular formula is C20H15F3N2O4S. The summed E-state index contributed by atoms with van der Waals surface area (Å²) >= 11 is 0.906. The third-order valence-electron chi connectivity index (χ3n) is 4.78. The van der Waals surface area contributed by atoms with Crippen LogP contribution in [0.2, 0.25) is 0 Å². The molecule has 2 aromatic carbocycles. The summed E-state index contributed by atoms with van der Waals surface area (Å²) in [5.41, 5.74) is 0.789. The molecule has 1 fully saturated rings. The normalized spacial score (nSPS) is 18.8. The Morgan fingerprint density at radius 2 is 1.77 bits per heavy atom. The maximum atomic E-state index is 12.9. The van der Waals surface area contributed by atoms with Gasteiger partial charge in [-0.25, -0.2) is 0 Å². The maximum absolute atomic E-state index is 12.9. The van der Waals surface area contributed by atoms with Crippen LogP contribution < -0.4 is 10.1 Å². The van der Waals surface area contributed by atoms with Crippen molar-refractivity contribution >= 4 is 28.8 Å². The second kappa shape index (κ2) is 7.67. The van der Waals surface area contributed by atoms with Crippen LogP contribution in [0.1, 0.15) is 27.0 Å². The van der Waals surface area contributed by atoms with E-state index in [1.54, 1.807) is 18.2 Å². The Balaban J connectivity index is 1.48. The first kappa shape index (κ1) is 20.3. The van der Waals surface area contributed by atoms with Crippen molar-refractivity contribution in [3.05, 3.63) is 64.7 Å². The fraction of sp³-hybridized carbons (Fsp3) is 0.250. The van der Waals surface area contributed by atoms with Crippen LogP contribution in [-0.4, -0.2) is 33.9 Å². The fourth-order valence-electron chi connectivity index (χ4n) is 3.25. The molecule has 10 heteroatoms. The van der Waals surface area contributed by atoms with Crippen molar-refractivity contribution in [3.63, 3.8) is 0 Å². The Bertz CT molecular complexity index is 1020. The predicted molar refractivity (Wildman–Crippen MR) is 102 cm³/mol. The largest absolute Gasteiger partial charge is 0.472 e. The number of fused-ring (bicyclic) bond motifs is 1. The van der Waals surface area contributed by atoms with Crippen molar-refractivity contribution in [2.24, 2.45) is 0 Å². The quantitative estimate of drug-likeness (QED) is 0.793. The minimum Gasteiger partial charge on any atom is -0.472 e. The van der Waals surface area contributed by atoms with E-state index in [0.717, 1.165) is 23.9 Å². The lowest BCUT2D eigenvalue weighted by molar-refractivity contribution is -0.137. The summed E-state index contributed by atoms with van der Waals surface area (Å²) in [6.45, 7) is 0.0671. The Morgan fingerprint density at radius 3 is 2.40 bits per heavy atom. The van der Waals surface area contributed by atoms with Gasteiger partial charge in [0.05, 0.1) is 16.4 Å². The lowest BCUT2D eigenvalue weighted by atomic mass is 10.0. The van der Waals surface area contributed by atoms with Gasteiger partial charge in [-0.15, -0.1) is 0 Å². The van der Waals surface area contributed by atoms with Gasteiger partial charge in [-0.3, -0.25) is 19.7 Å². The van der Waals surface area contributed by atoms with Gasteiger partial charge in [0.1, 0.15) is 5.75 Å². The highest BCUT2D eigenvalue weighted by molar-refractivity contribution is 8.15. The van der Waals surface area contributed by atoms with Gasteiger partial charge in [0.2, 0.25) is 5.91 Å². The highest BCUT2D eigenvalue weighted by Crippen LogP contribution is 2.31. The molecule has 1 unspecified atom stereocenters. The molecule has 3 amide bonds. The number of nitrogens with zero attached hydrogens (tertiary/aromatic N) is 1. The molecule has 1 N–H and O–H groups in total. The molecule has 2 aliphatic heterocycles. The van der Waals surface area contributed by atoms with Crippen molar-refractivity contribution in [2.45, 2.75) is 24.4 Å². The summed E-state index contributed by atoms with van der Waals surface area (Å²) in [7, 11) is 0. The number of hydrogen-bond donors (Lipinski definition) is 1. The van der Waals surface area contributed by atoms with Gasteiger partial charge in [0.15, 0.2) is 6.73 Å². The maximum Gasteiger partial charge on any atom is 0.416 e. The Kier molecular flexibility index (Phi) is 5.19. The summed E-state index contributed by atoms with van der Waals surface area (Å²) < 4.78 is 43.7. The second-order valence-corrected chi connectivity index (χ2v) is 8.06. The van der Waals surface area contributed by atoms with Crippen LogP contribution in [0.3, 0.4) is 0 Å². The zero-order valence-electron chi connectivity index (χ0n) is 15.4. The molecule has 0 radical (unpaired) electrons. The summed E-state index contributed by atoms with van der Waals surface area (Å²) in [5.74, 6) is -0.293. The van der Waals surface area contributed by atoms with E-state index in [-0.39, 0.29) is 31.5 Å². The van der Waals surface area contributed by atoms with Gasteiger partial charge < -0.3 is 9.64 Å². The summed E-state index contributed by atoms with van der Waals surface area (Å²) in [6, 6.07) is 9.59. The van der Waals surface area contributed by atoms with Crippen LogP contribution >= 0.6 is 11.8 Å². The zero-order chi connectivity index (χ0) is 21.5. The standard InChI is InChI=1S/C20H15F3N2O4S/c21-20(22,23)13-4-1-11(2-5-13)9-25-10-29-15-6-3-12(7-14(15)18(25)27)8-16-17(26)24-19(28)30-16/h1-7,16H,8-10H2,(H,24,26,28). The first-order valence-electron chi connectivity index (χ1n) is 8.93. The van der Waals surface area contributed by atoms with Gasteiger partial charge in [-0.05, 0) is 41.8 Å². The average Bonchev–Trinajstić information content (AvgIpc) is 3.01. The second-order valence-electron chi connectivity index (χ2n) is 6.89. The minimum absolute atomic E-state index is 0.0262. The Hall–Kier alpha value is -3.01. The third kappa shape index (κ3) is 4.13.